The fourth-order valence-electron chi connectivity index (χ4n) is 4.79. The topological polar surface area (TPSA) is 109 Å². The van der Waals surface area contributed by atoms with Crippen molar-refractivity contribution in [2.45, 2.75) is 77.4 Å². The molecule has 0 saturated heterocycles. The van der Waals surface area contributed by atoms with Gasteiger partial charge in [0, 0.05) is 19.0 Å². The van der Waals surface area contributed by atoms with E-state index in [4.69, 9.17) is 4.74 Å². The summed E-state index contributed by atoms with van der Waals surface area (Å²) in [5.74, 6) is 2.43. The van der Waals surface area contributed by atoms with Gasteiger partial charge in [0.2, 0.25) is 5.91 Å². The van der Waals surface area contributed by atoms with Gasteiger partial charge in [0.25, 0.3) is 0 Å². The van der Waals surface area contributed by atoms with Gasteiger partial charge in [-0.1, -0.05) is 12.0 Å². The number of amides is 2. The molecule has 0 aliphatic heterocycles. The monoisotopic (exact) mass is 709 g/mol. The molecule has 1 heterocycles. The smallest absolute Gasteiger partial charge is 0.416 e. The van der Waals surface area contributed by atoms with Crippen LogP contribution in [0.1, 0.15) is 69.0 Å². The number of aliphatic carboxylic acids is 1. The maximum Gasteiger partial charge on any atom is 0.416 e. The zero-order valence-electron chi connectivity index (χ0n) is 28.0. The molecule has 0 radical (unpaired) electrons. The lowest BCUT2D eigenvalue weighted by atomic mass is 9.81. The number of aryl methyl sites for hydroxylation is 1. The normalized spacial score (nSPS) is 12.8. The molecular weight excluding hydrogens is 675 g/mol. The Kier molecular flexibility index (Phi) is 11.3. The number of halogens is 7. The van der Waals surface area contributed by atoms with E-state index in [-0.39, 0.29) is 29.4 Å². The molecule has 0 unspecified atom stereocenters. The van der Waals surface area contributed by atoms with Gasteiger partial charge in [0.15, 0.2) is 0 Å². The average molecular weight is 710 g/mol. The van der Waals surface area contributed by atoms with Crippen LogP contribution in [0, 0.1) is 24.6 Å². The van der Waals surface area contributed by atoms with Crippen molar-refractivity contribution in [3.63, 3.8) is 0 Å². The van der Waals surface area contributed by atoms with E-state index in [1.165, 1.54) is 45.3 Å². The third-order valence-corrected chi connectivity index (χ3v) is 7.38. The van der Waals surface area contributed by atoms with E-state index in [2.05, 4.69) is 22.1 Å². The summed E-state index contributed by atoms with van der Waals surface area (Å²) in [5.41, 5.74) is -5.38. The van der Waals surface area contributed by atoms with Crippen LogP contribution in [0.3, 0.4) is 0 Å². The van der Waals surface area contributed by atoms with Crippen molar-refractivity contribution >= 4 is 23.7 Å². The molecule has 50 heavy (non-hydrogen) atoms. The number of alkyl carbamates (subject to hydrolysis) is 1. The number of anilines is 1. The summed E-state index contributed by atoms with van der Waals surface area (Å²) in [7, 11) is 1.26. The second-order valence-corrected chi connectivity index (χ2v) is 12.9. The van der Waals surface area contributed by atoms with Gasteiger partial charge in [-0.15, -0.1) is 0 Å². The summed E-state index contributed by atoms with van der Waals surface area (Å²) in [5, 5.41) is 11.7. The molecule has 2 amide bonds. The molecule has 3 rings (SSSR count). The van der Waals surface area contributed by atoms with Crippen molar-refractivity contribution in [2.24, 2.45) is 0 Å². The maximum absolute atomic E-state index is 14.0. The van der Waals surface area contributed by atoms with Gasteiger partial charge in [0.05, 0.1) is 28.4 Å². The Balaban J connectivity index is 2.08. The van der Waals surface area contributed by atoms with E-state index in [1.807, 2.05) is 0 Å². The van der Waals surface area contributed by atoms with Crippen LogP contribution in [0.4, 0.5) is 41.2 Å². The number of carboxylic acids is 1. The number of likely N-dealkylation sites (N-methyl/N-ethyl adjacent to an activating group) is 1. The minimum Gasteiger partial charge on any atom is -0.480 e. The predicted molar refractivity (Wildman–Crippen MR) is 170 cm³/mol. The van der Waals surface area contributed by atoms with E-state index in [0.29, 0.717) is 23.3 Å². The number of benzene rings is 2. The number of ether oxygens (including phenoxy) is 1. The molecule has 268 valence electrons. The second kappa shape index (κ2) is 14.4. The Morgan fingerprint density at radius 3 is 1.96 bits per heavy atom. The van der Waals surface area contributed by atoms with Crippen LogP contribution in [0.15, 0.2) is 48.7 Å². The van der Waals surface area contributed by atoms with Crippen LogP contribution in [0.5, 0.6) is 0 Å². The molecule has 2 N–H and O–H groups in total. The quantitative estimate of drug-likeness (QED) is 0.191. The Bertz CT molecular complexity index is 1820. The summed E-state index contributed by atoms with van der Waals surface area (Å²) >= 11 is 0. The number of pyridine rings is 1. The van der Waals surface area contributed by atoms with Crippen LogP contribution in [-0.2, 0) is 32.1 Å². The lowest BCUT2D eigenvalue weighted by molar-refractivity contribution is -0.143. The first-order valence-corrected chi connectivity index (χ1v) is 14.9. The van der Waals surface area contributed by atoms with Crippen LogP contribution < -0.4 is 10.2 Å². The zero-order valence-corrected chi connectivity index (χ0v) is 28.0. The van der Waals surface area contributed by atoms with E-state index in [1.54, 1.807) is 27.7 Å². The second-order valence-electron chi connectivity index (χ2n) is 12.9. The highest BCUT2D eigenvalue weighted by Crippen LogP contribution is 2.41. The predicted octanol–water partition coefficient (Wildman–Crippen LogP) is 7.89. The molecule has 2 aromatic carbocycles. The fourth-order valence-corrected chi connectivity index (χ4v) is 4.79. The number of nitrogens with zero attached hydrogens (tertiary/aromatic N) is 2. The van der Waals surface area contributed by atoms with Gasteiger partial charge in [-0.2, -0.15) is 26.3 Å². The Hall–Kier alpha value is -5.13. The van der Waals surface area contributed by atoms with Gasteiger partial charge < -0.3 is 20.1 Å². The Morgan fingerprint density at radius 1 is 0.900 bits per heavy atom. The molecule has 1 atom stereocenters. The van der Waals surface area contributed by atoms with E-state index in [0.717, 1.165) is 11.0 Å². The molecular formula is C35H34F7N3O5. The number of carbonyl (C=O) groups excluding carboxylic acids is 2. The first-order chi connectivity index (χ1) is 22.8. The molecule has 0 bridgehead atoms. The largest absolute Gasteiger partial charge is 0.480 e. The molecule has 1 aromatic heterocycles. The standard InChI is InChI=1S/C35H34F7N3O5/c1-19-13-23(36)11-12-25(19)26-17-24(9-8-10-27(29(46)47)44-31(49)50-32(2,3)4)43-18-28(26)45(7)30(48)33(5,6)20-14-21(34(37,38)39)16-22(15-20)35(40,41)42/h11-18,27H,10H2,1-7H3,(H,44,49)(H,46,47)/t27-/m0/s1. The number of carbonyl (C=O) groups is 3. The van der Waals surface area contributed by atoms with Gasteiger partial charge in [-0.3, -0.25) is 4.79 Å². The van der Waals surface area contributed by atoms with Gasteiger partial charge in [-0.05, 0) is 101 Å². The summed E-state index contributed by atoms with van der Waals surface area (Å²) < 4.78 is 101. The number of carboxylic acid groups (broad SMARTS) is 1. The van der Waals surface area contributed by atoms with Crippen LogP contribution in [-0.4, -0.2) is 46.8 Å². The van der Waals surface area contributed by atoms with Crippen molar-refractivity contribution in [3.8, 4) is 23.0 Å². The number of aromatic nitrogens is 1. The highest BCUT2D eigenvalue weighted by atomic mass is 19.4. The zero-order chi connectivity index (χ0) is 38.0. The van der Waals surface area contributed by atoms with E-state index in [9.17, 15) is 50.2 Å². The van der Waals surface area contributed by atoms with Crippen molar-refractivity contribution in [2.75, 3.05) is 11.9 Å². The highest BCUT2D eigenvalue weighted by molar-refractivity contribution is 6.03. The first kappa shape index (κ1) is 39.3. The molecule has 0 aliphatic carbocycles. The third kappa shape index (κ3) is 9.73. The van der Waals surface area contributed by atoms with Crippen molar-refractivity contribution in [3.05, 3.63) is 82.4 Å². The summed E-state index contributed by atoms with van der Waals surface area (Å²) in [4.78, 5) is 43.0. The summed E-state index contributed by atoms with van der Waals surface area (Å²) in [6.07, 6.45) is -10.4. The first-order valence-electron chi connectivity index (χ1n) is 14.9. The number of nitrogens with one attached hydrogen (secondary N) is 1. The fraction of sp³-hybridized carbons (Fsp3) is 0.371. The lowest BCUT2D eigenvalue weighted by Gasteiger charge is -2.32. The van der Waals surface area contributed by atoms with E-state index >= 15 is 0 Å². The maximum atomic E-state index is 14.0. The molecule has 0 aliphatic rings. The van der Waals surface area contributed by atoms with Gasteiger partial charge >= 0.3 is 24.4 Å². The molecule has 3 aromatic rings. The number of alkyl halides is 6. The minimum atomic E-state index is -5.13. The SMILES string of the molecule is Cc1cc(F)ccc1-c1cc(C#CC[C@H](NC(=O)OC(C)(C)C)C(=O)O)ncc1N(C)C(=O)C(C)(C)c1cc(C(F)(F)F)cc(C(F)(F)F)c1. The average Bonchev–Trinajstić information content (AvgIpc) is 2.97. The Morgan fingerprint density at radius 2 is 1.46 bits per heavy atom. The van der Waals surface area contributed by atoms with Crippen LogP contribution in [0.2, 0.25) is 0 Å². The van der Waals surface area contributed by atoms with Crippen molar-refractivity contribution in [1.29, 1.82) is 0 Å². The summed E-state index contributed by atoms with van der Waals surface area (Å²) in [6.45, 7) is 8.72. The van der Waals surface area contributed by atoms with Crippen molar-refractivity contribution < 1.29 is 55.0 Å². The third-order valence-electron chi connectivity index (χ3n) is 7.38. The lowest BCUT2D eigenvalue weighted by Crippen LogP contribution is -2.43. The molecule has 0 fully saturated rings. The van der Waals surface area contributed by atoms with Gasteiger partial charge in [-0.25, -0.2) is 19.0 Å². The summed E-state index contributed by atoms with van der Waals surface area (Å²) in [6, 6.07) is 4.66. The molecule has 0 spiro atoms. The van der Waals surface area contributed by atoms with Crippen LogP contribution in [0.25, 0.3) is 11.1 Å². The minimum absolute atomic E-state index is 0.0286. The number of rotatable bonds is 7. The van der Waals surface area contributed by atoms with Crippen LogP contribution >= 0.6 is 0 Å². The number of hydrogen-bond acceptors (Lipinski definition) is 5. The molecule has 8 nitrogen and oxygen atoms in total. The highest BCUT2D eigenvalue weighted by Gasteiger charge is 2.41. The number of hydrogen-bond donors (Lipinski definition) is 2. The molecule has 15 heteroatoms. The molecule has 0 saturated carbocycles. The van der Waals surface area contributed by atoms with Crippen molar-refractivity contribution in [1.82, 2.24) is 10.3 Å². The Labute approximate surface area is 283 Å². The van der Waals surface area contributed by atoms with Gasteiger partial charge in [0.1, 0.15) is 23.2 Å². The van der Waals surface area contributed by atoms with E-state index < -0.39 is 69.9 Å².